The third kappa shape index (κ3) is 4.11. The third-order valence-electron chi connectivity index (χ3n) is 3.13. The first kappa shape index (κ1) is 16.6. The van der Waals surface area contributed by atoms with Crippen LogP contribution in [0.3, 0.4) is 0 Å². The molecule has 0 aliphatic rings. The van der Waals surface area contributed by atoms with Crippen LogP contribution in [-0.4, -0.2) is 6.54 Å². The predicted octanol–water partition coefficient (Wildman–Crippen LogP) is 5.58. The van der Waals surface area contributed by atoms with Crippen molar-refractivity contribution in [1.29, 1.82) is 0 Å². The van der Waals surface area contributed by atoms with Gasteiger partial charge in [0.05, 0.1) is 10.5 Å². The van der Waals surface area contributed by atoms with E-state index in [1.807, 2.05) is 31.2 Å². The van der Waals surface area contributed by atoms with Crippen molar-refractivity contribution in [2.75, 3.05) is 6.54 Å². The van der Waals surface area contributed by atoms with Gasteiger partial charge in [-0.15, -0.1) is 0 Å². The van der Waals surface area contributed by atoms with Crippen LogP contribution >= 0.6 is 31.9 Å². The van der Waals surface area contributed by atoms with Crippen LogP contribution < -0.4 is 5.32 Å². The van der Waals surface area contributed by atoms with Crippen molar-refractivity contribution in [3.63, 3.8) is 0 Å². The summed E-state index contributed by atoms with van der Waals surface area (Å²) in [4.78, 5) is 0. The summed E-state index contributed by atoms with van der Waals surface area (Å²) in [6.07, 6.45) is 0.908. The van der Waals surface area contributed by atoms with E-state index in [4.69, 9.17) is 0 Å². The Balaban J connectivity index is 2.47. The fourth-order valence-corrected chi connectivity index (χ4v) is 2.87. The predicted molar refractivity (Wildman–Crippen MR) is 88.3 cm³/mol. The van der Waals surface area contributed by atoms with Gasteiger partial charge in [0.1, 0.15) is 11.6 Å². The molecule has 0 amide bonds. The van der Waals surface area contributed by atoms with Crippen molar-refractivity contribution >= 4 is 31.9 Å². The first-order chi connectivity index (χ1) is 10.0. The van der Waals surface area contributed by atoms with Crippen LogP contribution in [0.4, 0.5) is 8.78 Å². The molecule has 2 aromatic carbocycles. The fourth-order valence-electron chi connectivity index (χ4n) is 2.14. The summed E-state index contributed by atoms with van der Waals surface area (Å²) >= 11 is 6.42. The van der Waals surface area contributed by atoms with E-state index in [9.17, 15) is 8.78 Å². The highest BCUT2D eigenvalue weighted by atomic mass is 79.9. The molecule has 112 valence electrons. The maximum absolute atomic E-state index is 14.2. The van der Waals surface area contributed by atoms with Crippen molar-refractivity contribution in [2.45, 2.75) is 19.4 Å². The van der Waals surface area contributed by atoms with E-state index in [2.05, 4.69) is 37.2 Å². The zero-order valence-corrected chi connectivity index (χ0v) is 14.6. The average molecular weight is 419 g/mol. The highest BCUT2D eigenvalue weighted by Gasteiger charge is 2.19. The molecule has 0 saturated heterocycles. The minimum atomic E-state index is -0.468. The van der Waals surface area contributed by atoms with Crippen LogP contribution in [0.15, 0.2) is 45.3 Å². The Morgan fingerprint density at radius 1 is 1.10 bits per heavy atom. The summed E-state index contributed by atoms with van der Waals surface area (Å²) in [7, 11) is 0. The highest BCUT2D eigenvalue weighted by Crippen LogP contribution is 2.29. The molecule has 0 aliphatic carbocycles. The van der Waals surface area contributed by atoms with Crippen LogP contribution in [0.25, 0.3) is 0 Å². The molecule has 5 heteroatoms. The largest absolute Gasteiger partial charge is 0.306 e. The molecule has 0 aliphatic heterocycles. The second-order valence-electron chi connectivity index (χ2n) is 4.73. The van der Waals surface area contributed by atoms with Crippen LogP contribution in [0.1, 0.15) is 30.5 Å². The van der Waals surface area contributed by atoms with Gasteiger partial charge in [0.25, 0.3) is 0 Å². The Hall–Kier alpha value is -0.780. The summed E-state index contributed by atoms with van der Waals surface area (Å²) in [6.45, 7) is 2.75. The van der Waals surface area contributed by atoms with Crippen molar-refractivity contribution in [1.82, 2.24) is 5.32 Å². The Morgan fingerprint density at radius 3 is 2.52 bits per heavy atom. The van der Waals surface area contributed by atoms with Crippen LogP contribution in [0.2, 0.25) is 0 Å². The maximum atomic E-state index is 14.2. The second-order valence-corrected chi connectivity index (χ2v) is 6.50. The Kier molecular flexibility index (Phi) is 5.90. The van der Waals surface area contributed by atoms with Gasteiger partial charge in [-0.1, -0.05) is 35.0 Å². The topological polar surface area (TPSA) is 12.0 Å². The van der Waals surface area contributed by atoms with Gasteiger partial charge >= 0.3 is 0 Å². The van der Waals surface area contributed by atoms with E-state index >= 15 is 0 Å². The van der Waals surface area contributed by atoms with Gasteiger partial charge in [0.2, 0.25) is 0 Å². The molecular weight excluding hydrogens is 404 g/mol. The van der Waals surface area contributed by atoms with E-state index in [1.54, 1.807) is 0 Å². The normalized spacial score (nSPS) is 12.4. The Morgan fingerprint density at radius 2 is 1.86 bits per heavy atom. The second kappa shape index (κ2) is 7.47. The van der Waals surface area contributed by atoms with Gasteiger partial charge in [0, 0.05) is 10.0 Å². The number of hydrogen-bond acceptors (Lipinski definition) is 1. The summed E-state index contributed by atoms with van der Waals surface area (Å²) in [5.74, 6) is -0.901. The molecule has 0 fully saturated rings. The molecule has 2 rings (SSSR count). The SMILES string of the molecule is CCCNC(c1cccc(Br)c1)c1cc(F)c(Br)cc1F. The molecule has 0 spiro atoms. The molecule has 21 heavy (non-hydrogen) atoms. The molecule has 1 nitrogen and oxygen atoms in total. The van der Waals surface area contributed by atoms with E-state index in [0.29, 0.717) is 12.1 Å². The summed E-state index contributed by atoms with van der Waals surface area (Å²) in [5.41, 5.74) is 1.20. The molecule has 0 aromatic heterocycles. The van der Waals surface area contributed by atoms with E-state index in [-0.39, 0.29) is 10.5 Å². The quantitative estimate of drug-likeness (QED) is 0.625. The molecule has 1 atom stereocenters. The molecular formula is C16H15Br2F2N. The highest BCUT2D eigenvalue weighted by molar-refractivity contribution is 9.10. The van der Waals surface area contributed by atoms with E-state index < -0.39 is 11.6 Å². The van der Waals surface area contributed by atoms with Crippen LogP contribution in [0.5, 0.6) is 0 Å². The molecule has 0 heterocycles. The number of nitrogens with one attached hydrogen (secondary N) is 1. The van der Waals surface area contributed by atoms with Crippen LogP contribution in [-0.2, 0) is 0 Å². The first-order valence-corrected chi connectivity index (χ1v) is 8.24. The number of halogens is 4. The van der Waals surface area contributed by atoms with Gasteiger partial charge < -0.3 is 5.32 Å². The Bertz CT molecular complexity index is 632. The smallest absolute Gasteiger partial charge is 0.137 e. The summed E-state index contributed by atoms with van der Waals surface area (Å²) in [6, 6.07) is 9.62. The minimum absolute atomic E-state index is 0.132. The number of rotatable bonds is 5. The lowest BCUT2D eigenvalue weighted by Gasteiger charge is -2.21. The van der Waals surface area contributed by atoms with Gasteiger partial charge in [-0.05, 0) is 58.7 Å². The van der Waals surface area contributed by atoms with Gasteiger partial charge in [0.15, 0.2) is 0 Å². The van der Waals surface area contributed by atoms with Crippen molar-refractivity contribution in [3.05, 3.63) is 68.1 Å². The third-order valence-corrected chi connectivity index (χ3v) is 4.23. The van der Waals surface area contributed by atoms with Gasteiger partial charge in [-0.3, -0.25) is 0 Å². The zero-order valence-electron chi connectivity index (χ0n) is 11.5. The molecule has 1 N–H and O–H groups in total. The number of benzene rings is 2. The lowest BCUT2D eigenvalue weighted by atomic mass is 9.98. The zero-order chi connectivity index (χ0) is 15.4. The first-order valence-electron chi connectivity index (χ1n) is 6.66. The van der Waals surface area contributed by atoms with Crippen molar-refractivity contribution < 1.29 is 8.78 Å². The van der Waals surface area contributed by atoms with Crippen molar-refractivity contribution in [2.24, 2.45) is 0 Å². The van der Waals surface area contributed by atoms with Gasteiger partial charge in [-0.25, -0.2) is 8.78 Å². The molecule has 0 radical (unpaired) electrons. The molecule has 1 unspecified atom stereocenters. The number of hydrogen-bond donors (Lipinski definition) is 1. The van der Waals surface area contributed by atoms with E-state index in [1.165, 1.54) is 12.1 Å². The monoisotopic (exact) mass is 417 g/mol. The lowest BCUT2D eigenvalue weighted by Crippen LogP contribution is -2.24. The molecule has 0 bridgehead atoms. The fraction of sp³-hybridized carbons (Fsp3) is 0.250. The standard InChI is InChI=1S/C16H15Br2F2N/c1-2-6-21-16(10-4-3-5-11(17)7-10)12-8-15(20)13(18)9-14(12)19/h3-5,7-9,16,21H,2,6H2,1H3. The average Bonchev–Trinajstić information content (AvgIpc) is 2.44. The lowest BCUT2D eigenvalue weighted by molar-refractivity contribution is 0.533. The van der Waals surface area contributed by atoms with E-state index in [0.717, 1.165) is 16.5 Å². The van der Waals surface area contributed by atoms with Crippen molar-refractivity contribution in [3.8, 4) is 0 Å². The minimum Gasteiger partial charge on any atom is -0.306 e. The Labute approximate surface area is 140 Å². The molecule has 2 aromatic rings. The summed E-state index contributed by atoms with van der Waals surface area (Å²) < 4.78 is 29.1. The van der Waals surface area contributed by atoms with Crippen LogP contribution in [0, 0.1) is 11.6 Å². The summed E-state index contributed by atoms with van der Waals surface area (Å²) in [5, 5.41) is 3.27. The van der Waals surface area contributed by atoms with Gasteiger partial charge in [-0.2, -0.15) is 0 Å². The molecule has 0 saturated carbocycles. The maximum Gasteiger partial charge on any atom is 0.137 e.